The number of hydrogen-bond donors (Lipinski definition) is 0. The van der Waals surface area contributed by atoms with Crippen molar-refractivity contribution in [2.45, 2.75) is 19.9 Å². The van der Waals surface area contributed by atoms with Crippen molar-refractivity contribution >= 4 is 11.6 Å². The molecule has 0 amide bonds. The van der Waals surface area contributed by atoms with E-state index in [1.54, 1.807) is 0 Å². The number of aryl methyl sites for hydroxylation is 2. The molecule has 2 heteroatoms. The molecular weight excluding hydrogens is 194 g/mol. The molecule has 78 valence electrons. The first-order valence-electron chi connectivity index (χ1n) is 4.85. The van der Waals surface area contributed by atoms with Crippen LogP contribution in [0.3, 0.4) is 0 Å². The second-order valence-corrected chi connectivity index (χ2v) is 4.30. The van der Waals surface area contributed by atoms with Crippen molar-refractivity contribution in [3.63, 3.8) is 0 Å². The average molecular weight is 212 g/mol. The largest absolute Gasteiger partial charge is 0.301 e. The van der Waals surface area contributed by atoms with Gasteiger partial charge in [0.2, 0.25) is 0 Å². The molecular formula is C12H18ClN. The van der Waals surface area contributed by atoms with E-state index in [4.69, 9.17) is 11.6 Å². The summed E-state index contributed by atoms with van der Waals surface area (Å²) in [5, 5.41) is 0. The Bertz CT molecular complexity index is 307. The van der Waals surface area contributed by atoms with Gasteiger partial charge in [-0.25, -0.2) is 0 Å². The zero-order valence-corrected chi connectivity index (χ0v) is 10.1. The molecule has 0 bridgehead atoms. The van der Waals surface area contributed by atoms with Crippen molar-refractivity contribution in [1.82, 2.24) is 4.90 Å². The van der Waals surface area contributed by atoms with E-state index in [1.807, 2.05) is 0 Å². The molecule has 0 spiro atoms. The highest BCUT2D eigenvalue weighted by Crippen LogP contribution is 2.24. The van der Waals surface area contributed by atoms with Crippen LogP contribution >= 0.6 is 11.6 Å². The van der Waals surface area contributed by atoms with Crippen molar-refractivity contribution in [1.29, 1.82) is 0 Å². The van der Waals surface area contributed by atoms with Gasteiger partial charge in [-0.15, -0.1) is 11.6 Å². The molecule has 0 aromatic heterocycles. The second-order valence-electron chi connectivity index (χ2n) is 3.99. The van der Waals surface area contributed by atoms with Gasteiger partial charge in [0, 0.05) is 11.9 Å². The van der Waals surface area contributed by atoms with Crippen LogP contribution in [0.2, 0.25) is 0 Å². The Hall–Kier alpha value is -0.530. The zero-order chi connectivity index (χ0) is 10.7. The number of benzene rings is 1. The van der Waals surface area contributed by atoms with Gasteiger partial charge < -0.3 is 4.90 Å². The molecule has 14 heavy (non-hydrogen) atoms. The molecule has 0 saturated heterocycles. The number of halogens is 1. The van der Waals surface area contributed by atoms with Gasteiger partial charge in [0.05, 0.1) is 0 Å². The molecule has 0 heterocycles. The molecule has 0 N–H and O–H groups in total. The molecule has 0 fully saturated rings. The monoisotopic (exact) mass is 211 g/mol. The summed E-state index contributed by atoms with van der Waals surface area (Å²) in [4.78, 5) is 2.16. The zero-order valence-electron chi connectivity index (χ0n) is 9.34. The molecule has 0 aliphatic carbocycles. The van der Waals surface area contributed by atoms with Crippen LogP contribution in [0.25, 0.3) is 0 Å². The molecule has 1 nitrogen and oxygen atoms in total. The Balaban J connectivity index is 3.08. The molecule has 1 aromatic carbocycles. The Labute approximate surface area is 91.7 Å². The standard InChI is InChI=1S/C12H18ClN/c1-9-5-6-10(2)11(7-9)12(8-13)14(3)4/h5-7,12H,8H2,1-4H3. The van der Waals surface area contributed by atoms with Crippen LogP contribution < -0.4 is 0 Å². The fourth-order valence-corrected chi connectivity index (χ4v) is 2.06. The molecule has 0 radical (unpaired) electrons. The highest BCUT2D eigenvalue weighted by molar-refractivity contribution is 6.18. The van der Waals surface area contributed by atoms with E-state index >= 15 is 0 Å². The van der Waals surface area contributed by atoms with Crippen LogP contribution in [0, 0.1) is 13.8 Å². The Morgan fingerprint density at radius 1 is 1.29 bits per heavy atom. The third kappa shape index (κ3) is 2.49. The minimum atomic E-state index is 0.316. The lowest BCUT2D eigenvalue weighted by molar-refractivity contribution is 0.323. The van der Waals surface area contributed by atoms with E-state index in [1.165, 1.54) is 16.7 Å². The van der Waals surface area contributed by atoms with Gasteiger partial charge in [-0.05, 0) is 39.1 Å². The van der Waals surface area contributed by atoms with E-state index in [2.05, 4.69) is 51.0 Å². The normalized spacial score (nSPS) is 13.3. The maximum absolute atomic E-state index is 5.98. The van der Waals surface area contributed by atoms with Crippen LogP contribution in [-0.2, 0) is 0 Å². The molecule has 0 aliphatic heterocycles. The fourth-order valence-electron chi connectivity index (χ4n) is 1.62. The van der Waals surface area contributed by atoms with E-state index in [0.29, 0.717) is 11.9 Å². The SMILES string of the molecule is Cc1ccc(C)c(C(CCl)N(C)C)c1. The van der Waals surface area contributed by atoms with Crippen LogP contribution in [0.15, 0.2) is 18.2 Å². The Morgan fingerprint density at radius 3 is 2.43 bits per heavy atom. The number of nitrogens with zero attached hydrogens (tertiary/aromatic N) is 1. The first-order valence-corrected chi connectivity index (χ1v) is 5.39. The predicted molar refractivity (Wildman–Crippen MR) is 63.1 cm³/mol. The smallest absolute Gasteiger partial charge is 0.0480 e. The lowest BCUT2D eigenvalue weighted by Crippen LogP contribution is -2.22. The summed E-state index contributed by atoms with van der Waals surface area (Å²) >= 11 is 5.98. The van der Waals surface area contributed by atoms with Gasteiger partial charge in [0.25, 0.3) is 0 Å². The third-order valence-electron chi connectivity index (χ3n) is 2.56. The van der Waals surface area contributed by atoms with Crippen LogP contribution in [0.4, 0.5) is 0 Å². The summed E-state index contributed by atoms with van der Waals surface area (Å²) in [6.07, 6.45) is 0. The summed E-state index contributed by atoms with van der Waals surface area (Å²) in [6, 6.07) is 6.84. The summed E-state index contributed by atoms with van der Waals surface area (Å²) in [7, 11) is 4.13. The van der Waals surface area contributed by atoms with Crippen LogP contribution in [-0.4, -0.2) is 24.9 Å². The maximum Gasteiger partial charge on any atom is 0.0480 e. The van der Waals surface area contributed by atoms with Crippen molar-refractivity contribution in [2.24, 2.45) is 0 Å². The lowest BCUT2D eigenvalue weighted by Gasteiger charge is -2.24. The lowest BCUT2D eigenvalue weighted by atomic mass is 9.99. The van der Waals surface area contributed by atoms with Crippen molar-refractivity contribution < 1.29 is 0 Å². The molecule has 0 saturated carbocycles. The van der Waals surface area contributed by atoms with E-state index in [0.717, 1.165) is 0 Å². The van der Waals surface area contributed by atoms with Gasteiger partial charge in [0.15, 0.2) is 0 Å². The molecule has 1 aromatic rings. The van der Waals surface area contributed by atoms with Gasteiger partial charge >= 0.3 is 0 Å². The maximum atomic E-state index is 5.98. The minimum absolute atomic E-state index is 0.316. The number of rotatable bonds is 3. The molecule has 1 unspecified atom stereocenters. The summed E-state index contributed by atoms with van der Waals surface area (Å²) < 4.78 is 0. The summed E-state index contributed by atoms with van der Waals surface area (Å²) in [5.41, 5.74) is 3.95. The van der Waals surface area contributed by atoms with Gasteiger partial charge in [-0.2, -0.15) is 0 Å². The van der Waals surface area contributed by atoms with E-state index < -0.39 is 0 Å². The van der Waals surface area contributed by atoms with Crippen molar-refractivity contribution in [3.8, 4) is 0 Å². The van der Waals surface area contributed by atoms with Gasteiger partial charge in [0.1, 0.15) is 0 Å². The quantitative estimate of drug-likeness (QED) is 0.695. The number of hydrogen-bond acceptors (Lipinski definition) is 1. The summed E-state index contributed by atoms with van der Waals surface area (Å²) in [5.74, 6) is 0.636. The second kappa shape index (κ2) is 4.81. The highest BCUT2D eigenvalue weighted by Gasteiger charge is 2.14. The first-order chi connectivity index (χ1) is 6.56. The van der Waals surface area contributed by atoms with E-state index in [-0.39, 0.29) is 0 Å². The Morgan fingerprint density at radius 2 is 1.93 bits per heavy atom. The highest BCUT2D eigenvalue weighted by atomic mass is 35.5. The van der Waals surface area contributed by atoms with Gasteiger partial charge in [-0.1, -0.05) is 23.8 Å². The van der Waals surface area contributed by atoms with E-state index in [9.17, 15) is 0 Å². The fraction of sp³-hybridized carbons (Fsp3) is 0.500. The predicted octanol–water partition coefficient (Wildman–Crippen LogP) is 3.14. The molecule has 1 rings (SSSR count). The van der Waals surface area contributed by atoms with Crippen LogP contribution in [0.5, 0.6) is 0 Å². The van der Waals surface area contributed by atoms with Crippen LogP contribution in [0.1, 0.15) is 22.7 Å². The average Bonchev–Trinajstić information content (AvgIpc) is 2.11. The minimum Gasteiger partial charge on any atom is -0.301 e. The van der Waals surface area contributed by atoms with Crippen molar-refractivity contribution in [2.75, 3.05) is 20.0 Å². The number of alkyl halides is 1. The molecule has 1 atom stereocenters. The molecule has 0 aliphatic rings. The van der Waals surface area contributed by atoms with Crippen molar-refractivity contribution in [3.05, 3.63) is 34.9 Å². The topological polar surface area (TPSA) is 3.24 Å². The first kappa shape index (κ1) is 11.5. The summed E-state index contributed by atoms with van der Waals surface area (Å²) in [6.45, 7) is 4.25. The third-order valence-corrected chi connectivity index (χ3v) is 2.86. The Kier molecular flexibility index (Phi) is 3.97. The van der Waals surface area contributed by atoms with Gasteiger partial charge in [-0.3, -0.25) is 0 Å².